The zero-order valence-corrected chi connectivity index (χ0v) is 41.0. The van der Waals surface area contributed by atoms with Crippen LogP contribution in [0.1, 0.15) is 73.6 Å². The van der Waals surface area contributed by atoms with Crippen molar-refractivity contribution in [1.29, 1.82) is 0 Å². The standard InChI is InChI=1S/C43H72N10O19/c1-7-18(2)29(41(69)48-25(16-56)37(65)50-30(19(3)58)35(44)63)49-40(68)27-11-9-13-53(27)42(70)31(20(4)71-43-32(45-21(5)59)34(62)33(61)28(17-57)72-43)51-38(66)24(15-55)46-36(64)23(14-54)47-39(67)26-10-8-12-52(26)22(6)60/h18-20,23-34,43,54-58,61-62H,7-17H2,1-6H3,(H2,44,63)(H,45,59)(H,46,64)(H,47,67)(H,48,69)(H,49,68)(H,50,65)(H,51,66)/t18-,19+,20+,23-,24-,25-,26-,27-,28+,29-,30-,31-,32+,33-,34+,43-/m0/s1. The predicted molar refractivity (Wildman–Crippen MR) is 244 cm³/mol. The molecule has 29 heteroatoms. The van der Waals surface area contributed by atoms with Crippen molar-refractivity contribution in [2.45, 2.75) is 165 Å². The van der Waals surface area contributed by atoms with Gasteiger partial charge in [0.25, 0.3) is 0 Å². The van der Waals surface area contributed by atoms with E-state index in [4.69, 9.17) is 15.2 Å². The SMILES string of the molecule is CC[C@H](C)[C@H](NC(=O)[C@@H]1CCCN1C(=O)[C@@H](NC(=O)[C@H](CO)NC(=O)[C@H](CO)NC(=O)[C@@H]1CCCN1C(C)=O)[C@@H](C)O[C@H]1O[C@H](CO)[C@H](O)[C@H](O)[C@H]1NC(C)=O)C(=O)N[C@@H](CO)C(=O)N[C@H](C(N)=O)[C@@H](C)O. The van der Waals surface area contributed by atoms with Crippen LogP contribution in [0.4, 0.5) is 0 Å². The molecule has 3 heterocycles. The maximum Gasteiger partial charge on any atom is 0.248 e. The maximum absolute atomic E-state index is 14.8. The van der Waals surface area contributed by atoms with Crippen LogP contribution in [0, 0.1) is 5.92 Å². The molecule has 0 aromatic heterocycles. The number of ether oxygens (including phenoxy) is 2. The predicted octanol–water partition coefficient (Wildman–Crippen LogP) is -8.87. The molecule has 3 aliphatic rings. The van der Waals surface area contributed by atoms with Crippen LogP contribution in [-0.2, 0) is 57.4 Å². The van der Waals surface area contributed by atoms with Crippen molar-refractivity contribution < 1.29 is 93.2 Å². The molecule has 3 aliphatic heterocycles. The lowest BCUT2D eigenvalue weighted by molar-refractivity contribution is -0.281. The minimum Gasteiger partial charge on any atom is -0.394 e. The number of nitrogens with one attached hydrogen (secondary N) is 7. The van der Waals surface area contributed by atoms with Crippen molar-refractivity contribution in [1.82, 2.24) is 47.0 Å². The Morgan fingerprint density at radius 1 is 0.667 bits per heavy atom. The van der Waals surface area contributed by atoms with E-state index in [2.05, 4.69) is 37.2 Å². The monoisotopic (exact) mass is 1030 g/mol. The van der Waals surface area contributed by atoms with Gasteiger partial charge in [0.15, 0.2) is 6.29 Å². The van der Waals surface area contributed by atoms with Gasteiger partial charge in [-0.1, -0.05) is 20.3 Å². The quantitative estimate of drug-likeness (QED) is 0.0404. The molecule has 3 fully saturated rings. The third-order valence-electron chi connectivity index (χ3n) is 12.8. The van der Waals surface area contributed by atoms with Crippen molar-refractivity contribution in [3.8, 4) is 0 Å². The third kappa shape index (κ3) is 15.7. The van der Waals surface area contributed by atoms with Crippen LogP contribution in [0.5, 0.6) is 0 Å². The number of hydrogen-bond donors (Lipinski definition) is 15. The van der Waals surface area contributed by atoms with Gasteiger partial charge in [-0.15, -0.1) is 0 Å². The van der Waals surface area contributed by atoms with E-state index in [0.29, 0.717) is 6.42 Å². The molecule has 408 valence electrons. The Balaban J connectivity index is 1.95. The van der Waals surface area contributed by atoms with E-state index in [9.17, 15) is 83.7 Å². The highest BCUT2D eigenvalue weighted by atomic mass is 16.7. The number of likely N-dealkylation sites (tertiary alicyclic amines) is 2. The van der Waals surface area contributed by atoms with Gasteiger partial charge in [0.05, 0.1) is 38.6 Å². The van der Waals surface area contributed by atoms with Crippen LogP contribution in [0.15, 0.2) is 0 Å². The molecule has 0 aromatic rings. The van der Waals surface area contributed by atoms with Crippen LogP contribution in [0.2, 0.25) is 0 Å². The van der Waals surface area contributed by atoms with Gasteiger partial charge in [-0.2, -0.15) is 0 Å². The van der Waals surface area contributed by atoms with E-state index >= 15 is 0 Å². The number of aliphatic hydroxyl groups is 7. The van der Waals surface area contributed by atoms with Crippen molar-refractivity contribution >= 4 is 59.1 Å². The highest BCUT2D eigenvalue weighted by Gasteiger charge is 2.48. The number of carbonyl (C=O) groups excluding carboxylic acids is 10. The number of hydrogen-bond acceptors (Lipinski definition) is 19. The summed E-state index contributed by atoms with van der Waals surface area (Å²) in [7, 11) is 0. The first kappa shape index (κ1) is 60.6. The fraction of sp³-hybridized carbons (Fsp3) is 0.767. The fourth-order valence-electron chi connectivity index (χ4n) is 8.43. The minimum atomic E-state index is -1.90. The Labute approximate surface area is 414 Å². The Morgan fingerprint density at radius 3 is 1.64 bits per heavy atom. The summed E-state index contributed by atoms with van der Waals surface area (Å²) >= 11 is 0. The van der Waals surface area contributed by atoms with Gasteiger partial charge in [0.2, 0.25) is 59.1 Å². The molecule has 0 unspecified atom stereocenters. The average molecular weight is 1030 g/mol. The number of rotatable bonds is 25. The number of aliphatic hydroxyl groups excluding tert-OH is 7. The number of nitrogens with zero attached hydrogens (tertiary/aromatic N) is 2. The van der Waals surface area contributed by atoms with Crippen molar-refractivity contribution in [2.24, 2.45) is 11.7 Å². The molecule has 0 aliphatic carbocycles. The Kier molecular flexibility index (Phi) is 23.6. The van der Waals surface area contributed by atoms with Crippen LogP contribution in [0.25, 0.3) is 0 Å². The first-order valence-electron chi connectivity index (χ1n) is 23.6. The molecule has 0 radical (unpaired) electrons. The molecule has 3 saturated heterocycles. The number of carbonyl (C=O) groups is 10. The third-order valence-corrected chi connectivity index (χ3v) is 12.8. The topological polar surface area (TPSA) is 447 Å². The lowest BCUT2D eigenvalue weighted by Gasteiger charge is -2.43. The summed E-state index contributed by atoms with van der Waals surface area (Å²) in [6.45, 7) is 4.20. The van der Waals surface area contributed by atoms with Crippen molar-refractivity contribution in [3.63, 3.8) is 0 Å². The summed E-state index contributed by atoms with van der Waals surface area (Å²) < 4.78 is 11.7. The van der Waals surface area contributed by atoms with Gasteiger partial charge in [0, 0.05) is 26.9 Å². The van der Waals surface area contributed by atoms with Crippen LogP contribution in [-0.4, -0.2) is 235 Å². The van der Waals surface area contributed by atoms with Crippen LogP contribution in [0.3, 0.4) is 0 Å². The largest absolute Gasteiger partial charge is 0.394 e. The maximum atomic E-state index is 14.8. The zero-order valence-electron chi connectivity index (χ0n) is 41.0. The lowest BCUT2D eigenvalue weighted by Crippen LogP contribution is -2.66. The number of primary amides is 1. The summed E-state index contributed by atoms with van der Waals surface area (Å²) in [6.07, 6.45) is -8.60. The molecule has 16 atom stereocenters. The highest BCUT2D eigenvalue weighted by molar-refractivity contribution is 5.98. The summed E-state index contributed by atoms with van der Waals surface area (Å²) in [5.41, 5.74) is 5.25. The second kappa shape index (κ2) is 28.0. The summed E-state index contributed by atoms with van der Waals surface area (Å²) in [5, 5.41) is 88.0. The van der Waals surface area contributed by atoms with E-state index in [1.165, 1.54) is 25.7 Å². The number of amides is 10. The molecule has 16 N–H and O–H groups in total. The molecular formula is C43H72N10O19. The second-order valence-electron chi connectivity index (χ2n) is 18.1. The van der Waals surface area contributed by atoms with E-state index in [1.54, 1.807) is 13.8 Å². The van der Waals surface area contributed by atoms with Gasteiger partial charge >= 0.3 is 0 Å². The van der Waals surface area contributed by atoms with Crippen LogP contribution >= 0.6 is 0 Å². The fourth-order valence-corrected chi connectivity index (χ4v) is 8.43. The average Bonchev–Trinajstić information content (AvgIpc) is 4.04. The van der Waals surface area contributed by atoms with E-state index in [0.717, 1.165) is 11.8 Å². The minimum absolute atomic E-state index is 0.00886. The first-order valence-corrected chi connectivity index (χ1v) is 23.6. The Hall–Kier alpha value is -5.66. The normalized spacial score (nSPS) is 25.7. The molecule has 0 saturated carbocycles. The van der Waals surface area contributed by atoms with Gasteiger partial charge in [0.1, 0.15) is 72.7 Å². The summed E-state index contributed by atoms with van der Waals surface area (Å²) in [5.74, 6) is -10.0. The molecule has 72 heavy (non-hydrogen) atoms. The Morgan fingerprint density at radius 2 is 1.15 bits per heavy atom. The molecule has 29 nitrogen and oxygen atoms in total. The van der Waals surface area contributed by atoms with Gasteiger partial charge in [-0.05, 0) is 45.4 Å². The molecule has 10 amide bonds. The molecule has 3 rings (SSSR count). The van der Waals surface area contributed by atoms with Gasteiger partial charge in [-0.3, -0.25) is 47.9 Å². The van der Waals surface area contributed by atoms with E-state index < -0.39 is 183 Å². The molecule has 0 bridgehead atoms. The van der Waals surface area contributed by atoms with E-state index in [-0.39, 0.29) is 38.8 Å². The molecule has 0 aromatic carbocycles. The zero-order chi connectivity index (χ0) is 54.3. The molecule has 0 spiro atoms. The Bertz CT molecular complexity index is 1950. The summed E-state index contributed by atoms with van der Waals surface area (Å²) in [4.78, 5) is 134. The van der Waals surface area contributed by atoms with Crippen molar-refractivity contribution in [3.05, 3.63) is 0 Å². The lowest BCUT2D eigenvalue weighted by atomic mass is 9.96. The van der Waals surface area contributed by atoms with Gasteiger partial charge < -0.3 is 98.0 Å². The second-order valence-corrected chi connectivity index (χ2v) is 18.1. The molecular weight excluding hydrogens is 961 g/mol. The van der Waals surface area contributed by atoms with Crippen molar-refractivity contribution in [2.75, 3.05) is 39.5 Å². The van der Waals surface area contributed by atoms with Crippen LogP contribution < -0.4 is 43.0 Å². The van der Waals surface area contributed by atoms with E-state index in [1.807, 2.05) is 0 Å². The highest BCUT2D eigenvalue weighted by Crippen LogP contribution is 2.26. The number of nitrogens with two attached hydrogens (primary N) is 1. The van der Waals surface area contributed by atoms with Gasteiger partial charge in [-0.25, -0.2) is 0 Å². The summed E-state index contributed by atoms with van der Waals surface area (Å²) in [6, 6.07) is -14.0. The smallest absolute Gasteiger partial charge is 0.248 e. The first-order chi connectivity index (χ1) is 33.9.